The van der Waals surface area contributed by atoms with Crippen molar-refractivity contribution in [1.82, 2.24) is 19.3 Å². The van der Waals surface area contributed by atoms with Crippen molar-refractivity contribution in [3.63, 3.8) is 0 Å². The molecule has 0 fully saturated rings. The zero-order valence-electron chi connectivity index (χ0n) is 24.3. The van der Waals surface area contributed by atoms with Crippen LogP contribution in [0.3, 0.4) is 0 Å². The lowest BCUT2D eigenvalue weighted by Gasteiger charge is -2.11. The van der Waals surface area contributed by atoms with Crippen LogP contribution in [0.4, 0.5) is 0 Å². The summed E-state index contributed by atoms with van der Waals surface area (Å²) in [6.07, 6.45) is 2.85. The molecule has 0 unspecified atom stereocenters. The molecule has 0 aliphatic carbocycles. The summed E-state index contributed by atoms with van der Waals surface area (Å²) in [6.45, 7) is 8.48. The maximum absolute atomic E-state index is 6.49. The van der Waals surface area contributed by atoms with Crippen LogP contribution in [0, 0.1) is 20.8 Å². The molecule has 5 nitrogen and oxygen atoms in total. The average Bonchev–Trinajstić information content (AvgIpc) is 3.49. The lowest BCUT2D eigenvalue weighted by atomic mass is 10.0. The van der Waals surface area contributed by atoms with Gasteiger partial charge in [-0.2, -0.15) is 5.10 Å². The van der Waals surface area contributed by atoms with Crippen LogP contribution >= 0.6 is 0 Å². The zero-order chi connectivity index (χ0) is 28.8. The quantitative estimate of drug-likeness (QED) is 0.208. The van der Waals surface area contributed by atoms with E-state index in [2.05, 4.69) is 105 Å². The first-order chi connectivity index (χ1) is 20.5. The van der Waals surface area contributed by atoms with E-state index < -0.39 is 0 Å². The van der Waals surface area contributed by atoms with Crippen molar-refractivity contribution in [2.75, 3.05) is 0 Å². The summed E-state index contributed by atoms with van der Waals surface area (Å²) in [5.41, 5.74) is 10.1. The van der Waals surface area contributed by atoms with Gasteiger partial charge >= 0.3 is 0 Å². The van der Waals surface area contributed by atoms with Crippen molar-refractivity contribution in [3.05, 3.63) is 132 Å². The number of aryl methyl sites for hydroxylation is 3. The minimum absolute atomic E-state index is 0.755. The van der Waals surface area contributed by atoms with E-state index in [1.807, 2.05) is 41.2 Å². The molecule has 0 aliphatic heterocycles. The maximum Gasteiger partial charge on any atom is 0.137 e. The number of hydrogen-bond acceptors (Lipinski definition) is 3. The third-order valence-corrected chi connectivity index (χ3v) is 7.99. The molecule has 206 valence electrons. The zero-order valence-corrected chi connectivity index (χ0v) is 24.3. The first-order valence-corrected chi connectivity index (χ1v) is 14.4. The molecule has 0 bridgehead atoms. The fourth-order valence-electron chi connectivity index (χ4n) is 5.96. The van der Waals surface area contributed by atoms with Crippen molar-refractivity contribution in [2.24, 2.45) is 0 Å². The summed E-state index contributed by atoms with van der Waals surface area (Å²) in [5.74, 6) is 2.44. The van der Waals surface area contributed by atoms with Gasteiger partial charge in [-0.25, -0.2) is 9.67 Å². The van der Waals surface area contributed by atoms with Crippen molar-refractivity contribution >= 4 is 21.8 Å². The van der Waals surface area contributed by atoms with Gasteiger partial charge in [0, 0.05) is 40.4 Å². The van der Waals surface area contributed by atoms with Gasteiger partial charge in [0.25, 0.3) is 0 Å². The summed E-state index contributed by atoms with van der Waals surface area (Å²) >= 11 is 0. The van der Waals surface area contributed by atoms with Crippen molar-refractivity contribution < 1.29 is 4.74 Å². The van der Waals surface area contributed by atoms with Gasteiger partial charge in [0.15, 0.2) is 0 Å². The Hall–Kier alpha value is -5.16. The number of ether oxygens (including phenoxy) is 1. The molecule has 42 heavy (non-hydrogen) atoms. The highest BCUT2D eigenvalue weighted by atomic mass is 16.5. The van der Waals surface area contributed by atoms with E-state index in [1.54, 1.807) is 0 Å². The van der Waals surface area contributed by atoms with Crippen LogP contribution in [0.25, 0.3) is 44.4 Å². The average molecular weight is 549 g/mol. The van der Waals surface area contributed by atoms with Crippen LogP contribution in [0.2, 0.25) is 0 Å². The highest BCUT2D eigenvalue weighted by Crippen LogP contribution is 2.36. The van der Waals surface area contributed by atoms with Crippen LogP contribution < -0.4 is 4.74 Å². The van der Waals surface area contributed by atoms with Gasteiger partial charge < -0.3 is 4.74 Å². The molecule has 0 aliphatic rings. The highest BCUT2D eigenvalue weighted by molar-refractivity contribution is 6.09. The molecule has 0 amide bonds. The second kappa shape index (κ2) is 10.3. The Morgan fingerprint density at radius 3 is 2.38 bits per heavy atom. The van der Waals surface area contributed by atoms with Gasteiger partial charge in [0.1, 0.15) is 17.3 Å². The summed E-state index contributed by atoms with van der Waals surface area (Å²) < 4.78 is 10.7. The van der Waals surface area contributed by atoms with Crippen molar-refractivity contribution in [1.29, 1.82) is 0 Å². The third kappa shape index (κ3) is 4.44. The SMILES string of the molecule is CCc1ccnc(-n2c3ccc(C)cc3c3ccc(Oc4cccc(-n5nc(C)c(-c6ccccc6)c5C)c4)cc32)c1. The summed E-state index contributed by atoms with van der Waals surface area (Å²) in [4.78, 5) is 4.76. The van der Waals surface area contributed by atoms with Crippen molar-refractivity contribution in [3.8, 4) is 34.1 Å². The lowest BCUT2D eigenvalue weighted by Crippen LogP contribution is -2.00. The van der Waals surface area contributed by atoms with Gasteiger partial charge in [-0.1, -0.05) is 55.0 Å². The lowest BCUT2D eigenvalue weighted by molar-refractivity contribution is 0.483. The van der Waals surface area contributed by atoms with E-state index in [0.29, 0.717) is 0 Å². The normalized spacial score (nSPS) is 11.4. The molecular weight excluding hydrogens is 516 g/mol. The molecule has 3 heterocycles. The van der Waals surface area contributed by atoms with Crippen molar-refractivity contribution in [2.45, 2.75) is 34.1 Å². The Bertz CT molecular complexity index is 2090. The molecule has 5 heteroatoms. The Morgan fingerprint density at radius 1 is 0.714 bits per heavy atom. The predicted octanol–water partition coefficient (Wildman–Crippen LogP) is 9.31. The van der Waals surface area contributed by atoms with Gasteiger partial charge in [-0.05, 0) is 86.8 Å². The third-order valence-electron chi connectivity index (χ3n) is 7.99. The first-order valence-electron chi connectivity index (χ1n) is 14.4. The molecule has 7 aromatic rings. The number of fused-ring (bicyclic) bond motifs is 3. The molecule has 0 spiro atoms. The van der Waals surface area contributed by atoms with E-state index in [-0.39, 0.29) is 0 Å². The van der Waals surface area contributed by atoms with Crippen LogP contribution in [0.1, 0.15) is 29.4 Å². The van der Waals surface area contributed by atoms with E-state index in [4.69, 9.17) is 14.8 Å². The topological polar surface area (TPSA) is 44.9 Å². The minimum atomic E-state index is 0.755. The smallest absolute Gasteiger partial charge is 0.137 e. The molecule has 4 aromatic carbocycles. The van der Waals surface area contributed by atoms with Gasteiger partial charge in [0.2, 0.25) is 0 Å². The molecule has 0 N–H and O–H groups in total. The van der Waals surface area contributed by atoms with Crippen LogP contribution in [0.15, 0.2) is 109 Å². The Morgan fingerprint density at radius 2 is 1.55 bits per heavy atom. The number of benzene rings is 4. The highest BCUT2D eigenvalue weighted by Gasteiger charge is 2.17. The number of nitrogens with zero attached hydrogens (tertiary/aromatic N) is 4. The number of hydrogen-bond donors (Lipinski definition) is 0. The first kappa shape index (κ1) is 25.8. The Labute approximate surface area is 245 Å². The fourth-order valence-corrected chi connectivity index (χ4v) is 5.96. The minimum Gasteiger partial charge on any atom is -0.457 e. The predicted molar refractivity (Wildman–Crippen MR) is 171 cm³/mol. The molecule has 7 rings (SSSR count). The van der Waals surface area contributed by atoms with E-state index >= 15 is 0 Å². The fraction of sp³-hybridized carbons (Fsp3) is 0.135. The standard InChI is InChI=1S/C37H32N4O/c1-5-27-18-19-38-36(21-27)40-34-17-14-24(2)20-33(34)32-16-15-31(23-35(32)40)42-30-13-9-12-29(22-30)41-26(4)37(25(3)39-41)28-10-7-6-8-11-28/h6-23H,5H2,1-4H3. The molecule has 0 radical (unpaired) electrons. The van der Waals surface area contributed by atoms with Gasteiger partial charge in [-0.15, -0.1) is 0 Å². The number of aromatic nitrogens is 4. The number of pyridine rings is 1. The summed E-state index contributed by atoms with van der Waals surface area (Å²) in [5, 5.41) is 7.27. The Balaban J connectivity index is 1.30. The second-order valence-corrected chi connectivity index (χ2v) is 10.8. The molecule has 0 saturated heterocycles. The molecule has 0 atom stereocenters. The van der Waals surface area contributed by atoms with E-state index in [1.165, 1.54) is 27.5 Å². The summed E-state index contributed by atoms with van der Waals surface area (Å²) in [6, 6.07) is 35.7. The molecule has 0 saturated carbocycles. The summed E-state index contributed by atoms with van der Waals surface area (Å²) in [7, 11) is 0. The van der Waals surface area contributed by atoms with Gasteiger partial charge in [0.05, 0.1) is 22.4 Å². The van der Waals surface area contributed by atoms with Gasteiger partial charge in [-0.3, -0.25) is 4.57 Å². The maximum atomic E-state index is 6.49. The molecular formula is C37H32N4O. The van der Waals surface area contributed by atoms with E-state index in [9.17, 15) is 0 Å². The Kier molecular flexibility index (Phi) is 6.35. The largest absolute Gasteiger partial charge is 0.457 e. The monoisotopic (exact) mass is 548 g/mol. The van der Waals surface area contributed by atoms with Crippen LogP contribution in [-0.2, 0) is 6.42 Å². The molecule has 3 aromatic heterocycles. The van der Waals surface area contributed by atoms with Crippen LogP contribution in [-0.4, -0.2) is 19.3 Å². The van der Waals surface area contributed by atoms with E-state index in [0.717, 1.165) is 57.4 Å². The second-order valence-electron chi connectivity index (χ2n) is 10.8. The van der Waals surface area contributed by atoms with Crippen LogP contribution in [0.5, 0.6) is 11.5 Å². The number of rotatable bonds is 6.